The van der Waals surface area contributed by atoms with E-state index in [9.17, 15) is 9.59 Å². The summed E-state index contributed by atoms with van der Waals surface area (Å²) in [4.78, 5) is 30.9. The van der Waals surface area contributed by atoms with Gasteiger partial charge in [0.25, 0.3) is 0 Å². The number of nitrogens with zero attached hydrogens (tertiary/aromatic N) is 2. The van der Waals surface area contributed by atoms with Crippen molar-refractivity contribution in [2.24, 2.45) is 5.92 Å². The summed E-state index contributed by atoms with van der Waals surface area (Å²) >= 11 is 0. The Morgan fingerprint density at radius 1 is 0.442 bits per heavy atom. The van der Waals surface area contributed by atoms with E-state index in [1.54, 1.807) is 0 Å². The van der Waals surface area contributed by atoms with Crippen molar-refractivity contribution in [3.05, 3.63) is 0 Å². The van der Waals surface area contributed by atoms with E-state index >= 15 is 0 Å². The van der Waals surface area contributed by atoms with Gasteiger partial charge in [0.15, 0.2) is 0 Å². The van der Waals surface area contributed by atoms with E-state index in [0.29, 0.717) is 37.3 Å². The summed E-state index contributed by atoms with van der Waals surface area (Å²) in [6.45, 7) is 11.6. The Labute approximate surface area is 326 Å². The molecule has 0 aliphatic carbocycles. The number of esters is 1. The number of unbranched alkanes of at least 4 members (excludes halogenated alkanes) is 21. The molecule has 0 rings (SSSR count). The maximum absolute atomic E-state index is 13.7. The monoisotopic (exact) mass is 735 g/mol. The van der Waals surface area contributed by atoms with Crippen molar-refractivity contribution in [2.45, 2.75) is 252 Å². The van der Waals surface area contributed by atoms with Crippen molar-refractivity contribution >= 4 is 11.9 Å². The average molecular weight is 735 g/mol. The van der Waals surface area contributed by atoms with Crippen LogP contribution in [0, 0.1) is 5.92 Å². The zero-order valence-electron chi connectivity index (χ0n) is 36.4. The lowest BCUT2D eigenvalue weighted by molar-refractivity contribution is -0.144. The van der Waals surface area contributed by atoms with Crippen molar-refractivity contribution < 1.29 is 14.3 Å². The van der Waals surface area contributed by atoms with E-state index < -0.39 is 0 Å². The topological polar surface area (TPSA) is 49.9 Å². The van der Waals surface area contributed by atoms with E-state index in [1.807, 2.05) is 0 Å². The Bertz CT molecular complexity index is 745. The lowest BCUT2D eigenvalue weighted by Gasteiger charge is -2.33. The van der Waals surface area contributed by atoms with Gasteiger partial charge in [-0.2, -0.15) is 0 Å². The average Bonchev–Trinajstić information content (AvgIpc) is 3.12. The summed E-state index contributed by atoms with van der Waals surface area (Å²) in [5.41, 5.74) is 0. The standard InChI is InChI=1S/C47H94N2O3/c1-7-11-15-19-21-22-23-29-36-45(49(42-32-26-20-16-12-8-2)46(50)38-33-41-48(5)6)37-30-24-25-31-39-47(51)52-43-40-44(34-27-17-13-9-3)35-28-18-14-10-4/h44-45H,7-43H2,1-6H3. The van der Waals surface area contributed by atoms with Crippen molar-refractivity contribution in [2.75, 3.05) is 33.8 Å². The highest BCUT2D eigenvalue weighted by Crippen LogP contribution is 2.23. The first-order valence-electron chi connectivity index (χ1n) is 23.5. The fourth-order valence-electron chi connectivity index (χ4n) is 7.80. The van der Waals surface area contributed by atoms with Gasteiger partial charge in [-0.15, -0.1) is 0 Å². The molecule has 0 aromatic carbocycles. The van der Waals surface area contributed by atoms with Gasteiger partial charge in [0.1, 0.15) is 0 Å². The molecule has 1 amide bonds. The third-order valence-electron chi connectivity index (χ3n) is 11.3. The van der Waals surface area contributed by atoms with Gasteiger partial charge in [0, 0.05) is 25.4 Å². The summed E-state index contributed by atoms with van der Waals surface area (Å²) < 4.78 is 5.75. The molecule has 0 fully saturated rings. The number of amides is 1. The molecule has 0 aliphatic heterocycles. The second kappa shape index (κ2) is 39.6. The molecular formula is C47H94N2O3. The Morgan fingerprint density at radius 3 is 1.37 bits per heavy atom. The molecule has 1 atom stereocenters. The lowest BCUT2D eigenvalue weighted by Crippen LogP contribution is -2.41. The summed E-state index contributed by atoms with van der Waals surface area (Å²) in [5.74, 6) is 1.09. The zero-order valence-corrected chi connectivity index (χ0v) is 36.4. The minimum Gasteiger partial charge on any atom is -0.466 e. The van der Waals surface area contributed by atoms with Crippen LogP contribution in [0.1, 0.15) is 246 Å². The van der Waals surface area contributed by atoms with Crippen LogP contribution in [0.3, 0.4) is 0 Å². The molecule has 0 aromatic heterocycles. The van der Waals surface area contributed by atoms with Gasteiger partial charge in [0.05, 0.1) is 6.61 Å². The molecule has 0 radical (unpaired) electrons. The van der Waals surface area contributed by atoms with Crippen molar-refractivity contribution in [1.82, 2.24) is 9.80 Å². The summed E-state index contributed by atoms with van der Waals surface area (Å²) in [6, 6.07) is 0.365. The maximum atomic E-state index is 13.7. The quantitative estimate of drug-likeness (QED) is 0.0463. The minimum atomic E-state index is -0.00304. The van der Waals surface area contributed by atoms with Crippen LogP contribution in [0.25, 0.3) is 0 Å². The largest absolute Gasteiger partial charge is 0.466 e. The predicted octanol–water partition coefficient (Wildman–Crippen LogP) is 14.2. The molecule has 5 heteroatoms. The van der Waals surface area contributed by atoms with Crippen LogP contribution in [0.2, 0.25) is 0 Å². The number of hydrogen-bond donors (Lipinski definition) is 0. The molecule has 52 heavy (non-hydrogen) atoms. The summed E-state index contributed by atoms with van der Waals surface area (Å²) in [6.07, 6.45) is 41.1. The highest BCUT2D eigenvalue weighted by Gasteiger charge is 2.23. The van der Waals surface area contributed by atoms with E-state index in [2.05, 4.69) is 51.6 Å². The second-order valence-electron chi connectivity index (χ2n) is 16.7. The molecule has 0 aromatic rings. The van der Waals surface area contributed by atoms with Crippen molar-refractivity contribution in [1.29, 1.82) is 0 Å². The van der Waals surface area contributed by atoms with Crippen LogP contribution < -0.4 is 0 Å². The van der Waals surface area contributed by atoms with Gasteiger partial charge < -0.3 is 14.5 Å². The first-order chi connectivity index (χ1) is 25.4. The smallest absolute Gasteiger partial charge is 0.305 e. The predicted molar refractivity (Wildman–Crippen MR) is 228 cm³/mol. The molecular weight excluding hydrogens is 641 g/mol. The lowest BCUT2D eigenvalue weighted by atomic mass is 9.92. The molecule has 0 heterocycles. The normalized spacial score (nSPS) is 12.2. The number of carbonyl (C=O) groups excluding carboxylic acids is 2. The third-order valence-corrected chi connectivity index (χ3v) is 11.3. The minimum absolute atomic E-state index is 0.00304. The Kier molecular flexibility index (Phi) is 38.8. The van der Waals surface area contributed by atoms with E-state index in [1.165, 1.54) is 148 Å². The molecule has 0 bridgehead atoms. The van der Waals surface area contributed by atoms with Crippen LogP contribution in [0.4, 0.5) is 0 Å². The molecule has 0 aliphatic rings. The summed E-state index contributed by atoms with van der Waals surface area (Å²) in [5, 5.41) is 0. The summed E-state index contributed by atoms with van der Waals surface area (Å²) in [7, 11) is 4.21. The van der Waals surface area contributed by atoms with Gasteiger partial charge in [-0.05, 0) is 65.1 Å². The Morgan fingerprint density at radius 2 is 0.865 bits per heavy atom. The van der Waals surface area contributed by atoms with Gasteiger partial charge in [0.2, 0.25) is 5.91 Å². The molecule has 310 valence electrons. The fourth-order valence-corrected chi connectivity index (χ4v) is 7.80. The highest BCUT2D eigenvalue weighted by molar-refractivity contribution is 5.76. The zero-order chi connectivity index (χ0) is 38.3. The number of carbonyl (C=O) groups is 2. The molecule has 1 unspecified atom stereocenters. The second-order valence-corrected chi connectivity index (χ2v) is 16.7. The Hall–Kier alpha value is -1.10. The highest BCUT2D eigenvalue weighted by atomic mass is 16.5. The third kappa shape index (κ3) is 33.5. The molecule has 0 saturated carbocycles. The van der Waals surface area contributed by atoms with Crippen LogP contribution in [0.15, 0.2) is 0 Å². The number of ether oxygens (including phenoxy) is 1. The first-order valence-corrected chi connectivity index (χ1v) is 23.5. The fraction of sp³-hybridized carbons (Fsp3) is 0.957. The van der Waals surface area contributed by atoms with Crippen molar-refractivity contribution in [3.63, 3.8) is 0 Å². The molecule has 0 saturated heterocycles. The Balaban J connectivity index is 4.91. The SMILES string of the molecule is CCCCCCCCCCC(CCCCCCC(=O)OCCC(CCCCCC)CCCCCC)N(CCCCCCCC)C(=O)CCCN(C)C. The molecule has 5 nitrogen and oxygen atoms in total. The van der Waals surface area contributed by atoms with E-state index in [4.69, 9.17) is 4.74 Å². The number of hydrogen-bond acceptors (Lipinski definition) is 4. The van der Waals surface area contributed by atoms with Crippen molar-refractivity contribution in [3.8, 4) is 0 Å². The van der Waals surface area contributed by atoms with E-state index in [-0.39, 0.29) is 5.97 Å². The van der Waals surface area contributed by atoms with Crippen LogP contribution in [-0.2, 0) is 14.3 Å². The van der Waals surface area contributed by atoms with Crippen LogP contribution in [-0.4, -0.2) is 61.5 Å². The first kappa shape index (κ1) is 50.9. The number of rotatable bonds is 41. The van der Waals surface area contributed by atoms with Gasteiger partial charge >= 0.3 is 5.97 Å². The van der Waals surface area contributed by atoms with Gasteiger partial charge in [-0.3, -0.25) is 9.59 Å². The van der Waals surface area contributed by atoms with Gasteiger partial charge in [-0.1, -0.05) is 195 Å². The molecule has 0 N–H and O–H groups in total. The van der Waals surface area contributed by atoms with Crippen LogP contribution in [0.5, 0.6) is 0 Å². The van der Waals surface area contributed by atoms with Gasteiger partial charge in [-0.25, -0.2) is 0 Å². The van der Waals surface area contributed by atoms with E-state index in [0.717, 1.165) is 70.9 Å². The van der Waals surface area contributed by atoms with Crippen LogP contribution >= 0.6 is 0 Å². The molecule has 0 spiro atoms. The maximum Gasteiger partial charge on any atom is 0.305 e.